The summed E-state index contributed by atoms with van der Waals surface area (Å²) in [6, 6.07) is 12.0. The number of hydrogen-bond acceptors (Lipinski definition) is 9. The number of nitrogens with zero attached hydrogens (tertiary/aromatic N) is 2. The minimum Gasteiger partial charge on any atom is -0.497 e. The average molecular weight is 399 g/mol. The van der Waals surface area contributed by atoms with Crippen LogP contribution in [-0.4, -0.2) is 49.1 Å². The smallest absolute Gasteiger partial charge is 0.345 e. The maximum absolute atomic E-state index is 12.3. The molecule has 9 nitrogen and oxygen atoms in total. The number of carbonyl (C=O) groups excluding carboxylic acids is 1. The number of methoxy groups -OCH3 is 3. The zero-order chi connectivity index (χ0) is 20.8. The highest BCUT2D eigenvalue weighted by Gasteiger charge is 2.25. The third-order valence-corrected chi connectivity index (χ3v) is 4.19. The van der Waals surface area contributed by atoms with Crippen molar-refractivity contribution in [3.63, 3.8) is 0 Å². The molecule has 2 aromatic heterocycles. The van der Waals surface area contributed by atoms with E-state index in [2.05, 4.69) is 15.5 Å². The predicted octanol–water partition coefficient (Wildman–Crippen LogP) is 2.69. The predicted molar refractivity (Wildman–Crippen MR) is 104 cm³/mol. The lowest BCUT2D eigenvalue weighted by Crippen LogP contribution is -2.16. The van der Waals surface area contributed by atoms with Crippen LogP contribution in [0.3, 0.4) is 0 Å². The third kappa shape index (κ3) is 4.46. The topological polar surface area (TPSA) is 116 Å². The fraction of sp³-hybridized carbons (Fsp3) is 0.250. The van der Waals surface area contributed by atoms with Gasteiger partial charge in [-0.2, -0.15) is 0 Å². The van der Waals surface area contributed by atoms with Crippen LogP contribution in [0.1, 0.15) is 22.2 Å². The lowest BCUT2D eigenvalue weighted by Gasteiger charge is -2.12. The monoisotopic (exact) mass is 399 g/mol. The fourth-order valence-electron chi connectivity index (χ4n) is 2.67. The van der Waals surface area contributed by atoms with Gasteiger partial charge in [0, 0.05) is 18.2 Å². The van der Waals surface area contributed by atoms with Gasteiger partial charge in [0.1, 0.15) is 11.9 Å². The number of pyridine rings is 1. The van der Waals surface area contributed by atoms with E-state index < -0.39 is 12.1 Å². The lowest BCUT2D eigenvalue weighted by atomic mass is 10.1. The van der Waals surface area contributed by atoms with Gasteiger partial charge < -0.3 is 29.2 Å². The van der Waals surface area contributed by atoms with Gasteiger partial charge in [0.05, 0.1) is 27.0 Å². The second-order valence-electron chi connectivity index (χ2n) is 5.96. The Morgan fingerprint density at radius 3 is 2.55 bits per heavy atom. The van der Waals surface area contributed by atoms with Crippen LogP contribution in [0, 0.1) is 0 Å². The van der Waals surface area contributed by atoms with Crippen LogP contribution in [0.5, 0.6) is 11.6 Å². The Kier molecular flexibility index (Phi) is 6.30. The van der Waals surface area contributed by atoms with Crippen LogP contribution < -0.4 is 14.8 Å². The number of aromatic nitrogens is 2. The molecule has 1 unspecified atom stereocenters. The van der Waals surface area contributed by atoms with E-state index in [0.717, 1.165) is 0 Å². The number of hydrogen-bond donors (Lipinski definition) is 2. The molecule has 0 saturated carbocycles. The molecule has 1 atom stereocenters. The van der Waals surface area contributed by atoms with Gasteiger partial charge in [-0.1, -0.05) is 11.2 Å². The Bertz CT molecular complexity index is 971. The molecule has 2 N–H and O–H groups in total. The number of nitrogens with one attached hydrogen (secondary N) is 1. The van der Waals surface area contributed by atoms with Crippen molar-refractivity contribution in [2.24, 2.45) is 0 Å². The number of aliphatic hydroxyl groups excluding tert-OH is 1. The van der Waals surface area contributed by atoms with Crippen molar-refractivity contribution >= 4 is 11.8 Å². The summed E-state index contributed by atoms with van der Waals surface area (Å²) in [6.45, 7) is 0.0404. The number of rotatable bonds is 8. The van der Waals surface area contributed by atoms with Gasteiger partial charge in [-0.25, -0.2) is 9.78 Å². The Labute approximate surface area is 167 Å². The summed E-state index contributed by atoms with van der Waals surface area (Å²) >= 11 is 0. The number of anilines is 1. The van der Waals surface area contributed by atoms with Crippen molar-refractivity contribution in [2.45, 2.75) is 6.10 Å². The lowest BCUT2D eigenvalue weighted by molar-refractivity contribution is 0.0602. The van der Waals surface area contributed by atoms with Gasteiger partial charge >= 0.3 is 5.97 Å². The Morgan fingerprint density at radius 1 is 1.14 bits per heavy atom. The van der Waals surface area contributed by atoms with Crippen LogP contribution in [0.2, 0.25) is 0 Å². The molecule has 0 bridgehead atoms. The summed E-state index contributed by atoms with van der Waals surface area (Å²) in [5.41, 5.74) is 1.17. The van der Waals surface area contributed by atoms with Crippen molar-refractivity contribution < 1.29 is 28.6 Å². The summed E-state index contributed by atoms with van der Waals surface area (Å²) in [6.07, 6.45) is -0.961. The van der Waals surface area contributed by atoms with Gasteiger partial charge in [0.15, 0.2) is 17.1 Å². The maximum atomic E-state index is 12.3. The van der Waals surface area contributed by atoms with Crippen LogP contribution in [-0.2, 0) is 4.74 Å². The number of aliphatic hydroxyl groups is 1. The molecule has 0 aliphatic carbocycles. The van der Waals surface area contributed by atoms with Gasteiger partial charge in [0.25, 0.3) is 0 Å². The number of carbonyl (C=O) groups is 1. The molecular weight excluding hydrogens is 378 g/mol. The van der Waals surface area contributed by atoms with Gasteiger partial charge in [0.2, 0.25) is 5.88 Å². The maximum Gasteiger partial charge on any atom is 0.345 e. The zero-order valence-corrected chi connectivity index (χ0v) is 16.2. The summed E-state index contributed by atoms with van der Waals surface area (Å²) in [7, 11) is 4.33. The molecule has 29 heavy (non-hydrogen) atoms. The standard InChI is InChI=1S/C20H21N3O6/c1-26-13-9-7-12(8-10-13)18-17(20(25)28-3)19(23-29-18)21-11-15(24)14-5-4-6-16(22-14)27-2/h4-10,15,24H,11H2,1-3H3,(H,21,23). The van der Waals surface area contributed by atoms with Crippen LogP contribution in [0.25, 0.3) is 11.3 Å². The molecule has 0 aliphatic heterocycles. The summed E-state index contributed by atoms with van der Waals surface area (Å²) in [4.78, 5) is 16.5. The molecule has 152 valence electrons. The zero-order valence-electron chi connectivity index (χ0n) is 16.2. The first-order valence-corrected chi connectivity index (χ1v) is 8.72. The Hall–Kier alpha value is -3.59. The van der Waals surface area contributed by atoms with E-state index in [-0.39, 0.29) is 23.7 Å². The molecule has 0 spiro atoms. The van der Waals surface area contributed by atoms with E-state index in [4.69, 9.17) is 18.7 Å². The van der Waals surface area contributed by atoms with Crippen LogP contribution in [0.15, 0.2) is 47.0 Å². The van der Waals surface area contributed by atoms with Crippen molar-refractivity contribution in [1.82, 2.24) is 10.1 Å². The first kappa shape index (κ1) is 20.2. The van der Waals surface area contributed by atoms with Crippen molar-refractivity contribution in [2.75, 3.05) is 33.2 Å². The van der Waals surface area contributed by atoms with Crippen molar-refractivity contribution in [1.29, 1.82) is 0 Å². The number of benzene rings is 1. The van der Waals surface area contributed by atoms with E-state index in [9.17, 15) is 9.90 Å². The second-order valence-corrected chi connectivity index (χ2v) is 5.96. The molecule has 0 amide bonds. The highest BCUT2D eigenvalue weighted by atomic mass is 16.5. The number of esters is 1. The molecule has 0 fully saturated rings. The molecule has 0 aliphatic rings. The van der Waals surface area contributed by atoms with Crippen LogP contribution >= 0.6 is 0 Å². The largest absolute Gasteiger partial charge is 0.497 e. The molecule has 2 heterocycles. The number of ether oxygens (including phenoxy) is 3. The minimum atomic E-state index is -0.961. The van der Waals surface area contributed by atoms with E-state index in [1.165, 1.54) is 14.2 Å². The van der Waals surface area contributed by atoms with Gasteiger partial charge in [-0.15, -0.1) is 0 Å². The molecule has 1 aromatic carbocycles. The average Bonchev–Trinajstić information content (AvgIpc) is 3.20. The summed E-state index contributed by atoms with van der Waals surface area (Å²) < 4.78 is 20.5. The van der Waals surface area contributed by atoms with Gasteiger partial charge in [-0.3, -0.25) is 0 Å². The quantitative estimate of drug-likeness (QED) is 0.551. The normalized spacial score (nSPS) is 11.6. The third-order valence-electron chi connectivity index (χ3n) is 4.19. The van der Waals surface area contributed by atoms with E-state index in [0.29, 0.717) is 22.9 Å². The Balaban J connectivity index is 1.83. The molecule has 0 saturated heterocycles. The molecule has 9 heteroatoms. The molecule has 0 radical (unpaired) electrons. The van der Waals surface area contributed by atoms with Crippen molar-refractivity contribution in [3.05, 3.63) is 53.7 Å². The first-order valence-electron chi connectivity index (χ1n) is 8.72. The second kappa shape index (κ2) is 9.07. The highest BCUT2D eigenvalue weighted by molar-refractivity contribution is 6.00. The Morgan fingerprint density at radius 2 is 1.90 bits per heavy atom. The first-order chi connectivity index (χ1) is 14.1. The van der Waals surface area contributed by atoms with Crippen LogP contribution in [0.4, 0.5) is 5.82 Å². The minimum absolute atomic E-state index is 0.0404. The van der Waals surface area contributed by atoms with E-state index >= 15 is 0 Å². The summed E-state index contributed by atoms with van der Waals surface area (Å²) in [5.74, 6) is 0.842. The fourth-order valence-corrected chi connectivity index (χ4v) is 2.67. The van der Waals surface area contributed by atoms with Crippen molar-refractivity contribution in [3.8, 4) is 23.0 Å². The molecule has 3 aromatic rings. The highest BCUT2D eigenvalue weighted by Crippen LogP contribution is 2.31. The molecule has 3 rings (SSSR count). The van der Waals surface area contributed by atoms with Gasteiger partial charge in [-0.05, 0) is 30.3 Å². The SMILES string of the molecule is COC(=O)c1c(NCC(O)c2cccc(OC)n2)noc1-c1ccc(OC)cc1. The summed E-state index contributed by atoms with van der Waals surface area (Å²) in [5, 5.41) is 17.2. The molecular formula is C20H21N3O6. The van der Waals surface area contributed by atoms with E-state index in [1.807, 2.05) is 0 Å². The van der Waals surface area contributed by atoms with E-state index in [1.54, 1.807) is 49.6 Å².